The number of aldehydes is 1. The van der Waals surface area contributed by atoms with Gasteiger partial charge in [-0.25, -0.2) is 0 Å². The van der Waals surface area contributed by atoms with Gasteiger partial charge in [-0.1, -0.05) is 13.0 Å². The quantitative estimate of drug-likeness (QED) is 0.255. The van der Waals surface area contributed by atoms with Gasteiger partial charge in [-0.05, 0) is 32.1 Å². The first kappa shape index (κ1) is 12.7. The van der Waals surface area contributed by atoms with Crippen LogP contribution in [0.5, 0.6) is 0 Å². The van der Waals surface area contributed by atoms with Crippen molar-refractivity contribution < 1.29 is 4.79 Å². The summed E-state index contributed by atoms with van der Waals surface area (Å²) in [5.74, 6) is 0.570. The third-order valence-corrected chi connectivity index (χ3v) is 2.82. The number of hydrogen-bond donors (Lipinski definition) is 0. The van der Waals surface area contributed by atoms with Gasteiger partial charge >= 0.3 is 0 Å². The van der Waals surface area contributed by atoms with Crippen LogP contribution in [0.2, 0.25) is 0 Å². The maximum absolute atomic E-state index is 11.0. The number of carbonyl (C=O) groups is 1. The summed E-state index contributed by atoms with van der Waals surface area (Å²) in [5.41, 5.74) is -0.176. The molecule has 0 aromatic carbocycles. The second-order valence-corrected chi connectivity index (χ2v) is 3.83. The average Bonchev–Trinajstić information content (AvgIpc) is 2.17. The van der Waals surface area contributed by atoms with Crippen LogP contribution in [0.1, 0.15) is 39.0 Å². The van der Waals surface area contributed by atoms with Crippen molar-refractivity contribution in [2.45, 2.75) is 39.0 Å². The smallest absolute Gasteiger partial charge is 0.126 e. The topological polar surface area (TPSA) is 17.1 Å². The molecular formula is C11H19ClO. The predicted molar refractivity (Wildman–Crippen MR) is 58.2 cm³/mol. The average molecular weight is 203 g/mol. The van der Waals surface area contributed by atoms with Crippen molar-refractivity contribution in [2.75, 3.05) is 5.88 Å². The van der Waals surface area contributed by atoms with Crippen molar-refractivity contribution in [2.24, 2.45) is 5.41 Å². The van der Waals surface area contributed by atoms with E-state index in [9.17, 15) is 4.79 Å². The van der Waals surface area contributed by atoms with Crippen molar-refractivity contribution in [3.63, 3.8) is 0 Å². The second kappa shape index (κ2) is 7.14. The number of rotatable bonds is 8. The molecule has 2 heteroatoms. The zero-order valence-corrected chi connectivity index (χ0v) is 9.15. The fraction of sp³-hybridized carbons (Fsp3) is 0.727. The minimum Gasteiger partial charge on any atom is -0.303 e. The highest BCUT2D eigenvalue weighted by molar-refractivity contribution is 6.17. The molecule has 76 valence electrons. The van der Waals surface area contributed by atoms with Crippen LogP contribution < -0.4 is 0 Å². The fourth-order valence-corrected chi connectivity index (χ4v) is 1.84. The summed E-state index contributed by atoms with van der Waals surface area (Å²) in [7, 11) is 0. The SMILES string of the molecule is C=CCCCC(C=O)(CC)CCCl. The zero-order valence-electron chi connectivity index (χ0n) is 8.39. The van der Waals surface area contributed by atoms with E-state index in [0.717, 1.165) is 38.4 Å². The molecule has 13 heavy (non-hydrogen) atoms. The summed E-state index contributed by atoms with van der Waals surface area (Å²) in [6, 6.07) is 0. The Labute approximate surface area is 86.2 Å². The van der Waals surface area contributed by atoms with Crippen LogP contribution in [0.4, 0.5) is 0 Å². The molecular weight excluding hydrogens is 184 g/mol. The summed E-state index contributed by atoms with van der Waals surface area (Å²) in [5, 5.41) is 0. The van der Waals surface area contributed by atoms with E-state index >= 15 is 0 Å². The second-order valence-electron chi connectivity index (χ2n) is 3.45. The summed E-state index contributed by atoms with van der Waals surface area (Å²) < 4.78 is 0. The molecule has 0 rings (SSSR count). The van der Waals surface area contributed by atoms with Gasteiger partial charge in [-0.2, -0.15) is 0 Å². The van der Waals surface area contributed by atoms with Crippen molar-refractivity contribution in [1.82, 2.24) is 0 Å². The molecule has 0 aromatic rings. The molecule has 0 radical (unpaired) electrons. The Morgan fingerprint density at radius 1 is 1.46 bits per heavy atom. The number of alkyl halides is 1. The fourth-order valence-electron chi connectivity index (χ4n) is 1.47. The van der Waals surface area contributed by atoms with Gasteiger partial charge in [0.1, 0.15) is 6.29 Å². The van der Waals surface area contributed by atoms with E-state index in [0.29, 0.717) is 5.88 Å². The van der Waals surface area contributed by atoms with E-state index in [4.69, 9.17) is 11.6 Å². The Balaban J connectivity index is 4.03. The predicted octanol–water partition coefficient (Wildman–Crippen LogP) is 3.57. The number of carbonyl (C=O) groups excluding carboxylic acids is 1. The van der Waals surface area contributed by atoms with Gasteiger partial charge in [-0.3, -0.25) is 0 Å². The van der Waals surface area contributed by atoms with E-state index in [2.05, 4.69) is 13.5 Å². The number of allylic oxidation sites excluding steroid dienone is 1. The van der Waals surface area contributed by atoms with Crippen molar-refractivity contribution in [3.8, 4) is 0 Å². The molecule has 1 nitrogen and oxygen atoms in total. The van der Waals surface area contributed by atoms with Crippen molar-refractivity contribution in [3.05, 3.63) is 12.7 Å². The van der Waals surface area contributed by atoms with Crippen LogP contribution >= 0.6 is 11.6 Å². The van der Waals surface area contributed by atoms with Crippen LogP contribution in [0.15, 0.2) is 12.7 Å². The van der Waals surface area contributed by atoms with Gasteiger partial charge in [-0.15, -0.1) is 18.2 Å². The molecule has 0 saturated carbocycles. The highest BCUT2D eigenvalue weighted by Crippen LogP contribution is 2.30. The Kier molecular flexibility index (Phi) is 6.97. The third-order valence-electron chi connectivity index (χ3n) is 2.63. The maximum Gasteiger partial charge on any atom is 0.126 e. The lowest BCUT2D eigenvalue weighted by Crippen LogP contribution is -2.22. The summed E-state index contributed by atoms with van der Waals surface area (Å²) in [6.07, 6.45) is 7.62. The highest BCUT2D eigenvalue weighted by atomic mass is 35.5. The van der Waals surface area contributed by atoms with E-state index in [1.807, 2.05) is 6.08 Å². The van der Waals surface area contributed by atoms with Gasteiger partial charge in [0.2, 0.25) is 0 Å². The van der Waals surface area contributed by atoms with Gasteiger partial charge < -0.3 is 4.79 Å². The van der Waals surface area contributed by atoms with Crippen LogP contribution in [0, 0.1) is 5.41 Å². The van der Waals surface area contributed by atoms with Crippen LogP contribution in [0.3, 0.4) is 0 Å². The summed E-state index contributed by atoms with van der Waals surface area (Å²) in [4.78, 5) is 11.0. The Bertz CT molecular complexity index is 156. The molecule has 1 atom stereocenters. The standard InChI is InChI=1S/C11H19ClO/c1-3-5-6-7-11(4-2,10-13)8-9-12/h3,10H,1,4-9H2,2H3. The largest absolute Gasteiger partial charge is 0.303 e. The first-order valence-corrected chi connectivity index (χ1v) is 5.41. The van der Waals surface area contributed by atoms with Crippen LogP contribution in [0.25, 0.3) is 0 Å². The van der Waals surface area contributed by atoms with Gasteiger partial charge in [0, 0.05) is 11.3 Å². The number of halogens is 1. The molecule has 0 N–H and O–H groups in total. The number of hydrogen-bond acceptors (Lipinski definition) is 1. The molecule has 0 bridgehead atoms. The Morgan fingerprint density at radius 3 is 2.54 bits per heavy atom. The Hall–Kier alpha value is -0.300. The Morgan fingerprint density at radius 2 is 2.15 bits per heavy atom. The lowest BCUT2D eigenvalue weighted by molar-refractivity contribution is -0.117. The molecule has 0 amide bonds. The van der Waals surface area contributed by atoms with Gasteiger partial charge in [0.15, 0.2) is 0 Å². The van der Waals surface area contributed by atoms with Crippen LogP contribution in [-0.4, -0.2) is 12.2 Å². The molecule has 1 unspecified atom stereocenters. The monoisotopic (exact) mass is 202 g/mol. The highest BCUT2D eigenvalue weighted by Gasteiger charge is 2.25. The van der Waals surface area contributed by atoms with Gasteiger partial charge in [0.25, 0.3) is 0 Å². The van der Waals surface area contributed by atoms with Crippen molar-refractivity contribution in [1.29, 1.82) is 0 Å². The lowest BCUT2D eigenvalue weighted by Gasteiger charge is -2.25. The molecule has 0 spiro atoms. The van der Waals surface area contributed by atoms with E-state index in [1.165, 1.54) is 0 Å². The minimum absolute atomic E-state index is 0.176. The van der Waals surface area contributed by atoms with Crippen LogP contribution in [-0.2, 0) is 4.79 Å². The normalized spacial score (nSPS) is 14.9. The molecule has 0 aliphatic heterocycles. The molecule has 0 heterocycles. The zero-order chi connectivity index (χ0) is 10.2. The molecule has 0 aliphatic carbocycles. The summed E-state index contributed by atoms with van der Waals surface area (Å²) >= 11 is 5.68. The van der Waals surface area contributed by atoms with E-state index < -0.39 is 0 Å². The van der Waals surface area contributed by atoms with Crippen molar-refractivity contribution >= 4 is 17.9 Å². The van der Waals surface area contributed by atoms with Gasteiger partial charge in [0.05, 0.1) is 0 Å². The summed E-state index contributed by atoms with van der Waals surface area (Å²) in [6.45, 7) is 5.71. The number of unbranched alkanes of at least 4 members (excludes halogenated alkanes) is 1. The van der Waals surface area contributed by atoms with E-state index in [-0.39, 0.29) is 5.41 Å². The third kappa shape index (κ3) is 4.47. The minimum atomic E-state index is -0.176. The maximum atomic E-state index is 11.0. The molecule has 0 saturated heterocycles. The lowest BCUT2D eigenvalue weighted by atomic mass is 9.79. The molecule has 0 aromatic heterocycles. The first-order chi connectivity index (χ1) is 6.24. The molecule has 0 fully saturated rings. The van der Waals surface area contributed by atoms with E-state index in [1.54, 1.807) is 0 Å². The molecule has 0 aliphatic rings. The first-order valence-electron chi connectivity index (χ1n) is 4.88.